The van der Waals surface area contributed by atoms with Crippen LogP contribution in [0, 0.1) is 0 Å². The standard InChI is InChI=1S/C8H15N5O/c1-4-12(2)8(14)11-7-6(9)5-10-13(7)3/h5H,4,9H2,1-3H3,(H,11,14). The number of carbonyl (C=O) groups is 1. The lowest BCUT2D eigenvalue weighted by Crippen LogP contribution is -2.31. The predicted octanol–water partition coefficient (Wildman–Crippen LogP) is 0.486. The number of amides is 2. The summed E-state index contributed by atoms with van der Waals surface area (Å²) in [7, 11) is 3.43. The predicted molar refractivity (Wildman–Crippen MR) is 54.9 cm³/mol. The van der Waals surface area contributed by atoms with Crippen LogP contribution in [0.1, 0.15) is 6.92 Å². The molecule has 0 fully saturated rings. The summed E-state index contributed by atoms with van der Waals surface area (Å²) in [6.45, 7) is 2.54. The van der Waals surface area contributed by atoms with Gasteiger partial charge in [0.25, 0.3) is 0 Å². The Labute approximate surface area is 82.7 Å². The third-order valence-corrected chi connectivity index (χ3v) is 2.01. The van der Waals surface area contributed by atoms with Crippen LogP contribution in [0.5, 0.6) is 0 Å². The van der Waals surface area contributed by atoms with Crippen molar-refractivity contribution in [2.24, 2.45) is 7.05 Å². The Bertz CT molecular complexity index is 313. The molecule has 0 atom stereocenters. The van der Waals surface area contributed by atoms with Crippen molar-refractivity contribution in [1.29, 1.82) is 0 Å². The van der Waals surface area contributed by atoms with E-state index in [1.807, 2.05) is 6.92 Å². The minimum atomic E-state index is -0.192. The molecule has 2 amide bonds. The Morgan fingerprint density at radius 3 is 2.86 bits per heavy atom. The van der Waals surface area contributed by atoms with Crippen molar-refractivity contribution < 1.29 is 4.79 Å². The first-order chi connectivity index (χ1) is 6.56. The molecule has 1 aromatic rings. The van der Waals surface area contributed by atoms with Crippen molar-refractivity contribution in [3.8, 4) is 0 Å². The number of hydrogen-bond donors (Lipinski definition) is 2. The summed E-state index contributed by atoms with van der Waals surface area (Å²) in [5.41, 5.74) is 6.08. The fraction of sp³-hybridized carbons (Fsp3) is 0.500. The molecule has 0 unspecified atom stereocenters. The third-order valence-electron chi connectivity index (χ3n) is 2.01. The van der Waals surface area contributed by atoms with Crippen LogP contribution in [-0.2, 0) is 7.05 Å². The molecular weight excluding hydrogens is 182 g/mol. The number of carbonyl (C=O) groups excluding carboxylic acids is 1. The molecule has 6 heteroatoms. The van der Waals surface area contributed by atoms with Gasteiger partial charge in [-0.15, -0.1) is 0 Å². The topological polar surface area (TPSA) is 76.2 Å². The number of nitrogens with one attached hydrogen (secondary N) is 1. The molecule has 0 aromatic carbocycles. The highest BCUT2D eigenvalue weighted by molar-refractivity contribution is 5.91. The summed E-state index contributed by atoms with van der Waals surface area (Å²) < 4.78 is 1.52. The van der Waals surface area contributed by atoms with Crippen molar-refractivity contribution in [2.75, 3.05) is 24.6 Å². The van der Waals surface area contributed by atoms with Gasteiger partial charge in [-0.3, -0.25) is 10.00 Å². The van der Waals surface area contributed by atoms with Crippen molar-refractivity contribution in [2.45, 2.75) is 6.92 Å². The Morgan fingerprint density at radius 2 is 2.43 bits per heavy atom. The van der Waals surface area contributed by atoms with E-state index in [9.17, 15) is 4.79 Å². The van der Waals surface area contributed by atoms with Gasteiger partial charge >= 0.3 is 6.03 Å². The molecule has 3 N–H and O–H groups in total. The van der Waals surface area contributed by atoms with Crippen LogP contribution in [0.25, 0.3) is 0 Å². The van der Waals surface area contributed by atoms with Crippen molar-refractivity contribution in [3.05, 3.63) is 6.20 Å². The molecule has 0 aliphatic heterocycles. The number of nitrogens with two attached hydrogens (primary N) is 1. The first kappa shape index (κ1) is 10.4. The van der Waals surface area contributed by atoms with Gasteiger partial charge in [0.05, 0.1) is 11.9 Å². The zero-order valence-corrected chi connectivity index (χ0v) is 8.61. The Hall–Kier alpha value is -1.72. The van der Waals surface area contributed by atoms with E-state index in [-0.39, 0.29) is 6.03 Å². The molecule has 0 bridgehead atoms. The van der Waals surface area contributed by atoms with Crippen molar-refractivity contribution in [1.82, 2.24) is 14.7 Å². The molecule has 0 radical (unpaired) electrons. The lowest BCUT2D eigenvalue weighted by Gasteiger charge is -2.15. The molecule has 78 valence electrons. The molecule has 0 spiro atoms. The zero-order valence-electron chi connectivity index (χ0n) is 8.61. The summed E-state index contributed by atoms with van der Waals surface area (Å²) in [6.07, 6.45) is 1.50. The quantitative estimate of drug-likeness (QED) is 0.724. The molecule has 1 heterocycles. The number of aryl methyl sites for hydroxylation is 1. The lowest BCUT2D eigenvalue weighted by molar-refractivity contribution is 0.224. The number of aromatic nitrogens is 2. The van der Waals surface area contributed by atoms with Gasteiger partial charge in [-0.05, 0) is 6.92 Å². The van der Waals surface area contributed by atoms with Crippen molar-refractivity contribution >= 4 is 17.5 Å². The maximum absolute atomic E-state index is 11.5. The maximum atomic E-state index is 11.5. The monoisotopic (exact) mass is 197 g/mol. The number of urea groups is 1. The van der Waals surface area contributed by atoms with Crippen LogP contribution in [0.15, 0.2) is 6.20 Å². The van der Waals surface area contributed by atoms with E-state index in [1.54, 1.807) is 19.0 Å². The van der Waals surface area contributed by atoms with Gasteiger partial charge in [-0.25, -0.2) is 4.79 Å². The van der Waals surface area contributed by atoms with Crippen LogP contribution in [0.4, 0.5) is 16.3 Å². The average molecular weight is 197 g/mol. The highest BCUT2D eigenvalue weighted by atomic mass is 16.2. The van der Waals surface area contributed by atoms with Crippen molar-refractivity contribution in [3.63, 3.8) is 0 Å². The first-order valence-corrected chi connectivity index (χ1v) is 4.35. The van der Waals surface area contributed by atoms with Gasteiger partial charge < -0.3 is 10.6 Å². The molecule has 1 aromatic heterocycles. The minimum absolute atomic E-state index is 0.192. The molecule has 0 saturated heterocycles. The molecule has 0 aliphatic carbocycles. The van der Waals surface area contributed by atoms with E-state index >= 15 is 0 Å². The summed E-state index contributed by atoms with van der Waals surface area (Å²) in [5, 5.41) is 6.58. The van der Waals surface area contributed by atoms with Gasteiger partial charge in [0.2, 0.25) is 0 Å². The van der Waals surface area contributed by atoms with E-state index in [2.05, 4.69) is 10.4 Å². The van der Waals surface area contributed by atoms with E-state index in [0.29, 0.717) is 18.1 Å². The second-order valence-corrected chi connectivity index (χ2v) is 3.02. The second kappa shape index (κ2) is 3.99. The number of hydrogen-bond acceptors (Lipinski definition) is 3. The van der Waals surface area contributed by atoms with Crippen LogP contribution < -0.4 is 11.1 Å². The second-order valence-electron chi connectivity index (χ2n) is 3.02. The summed E-state index contributed by atoms with van der Waals surface area (Å²) in [5.74, 6) is 0.523. The lowest BCUT2D eigenvalue weighted by atomic mass is 10.5. The van der Waals surface area contributed by atoms with E-state index in [1.165, 1.54) is 10.9 Å². The Morgan fingerprint density at radius 1 is 1.79 bits per heavy atom. The molecule has 0 saturated carbocycles. The highest BCUT2D eigenvalue weighted by Crippen LogP contribution is 2.15. The van der Waals surface area contributed by atoms with Crippen LogP contribution >= 0.6 is 0 Å². The molecule has 14 heavy (non-hydrogen) atoms. The molecule has 6 nitrogen and oxygen atoms in total. The number of nitrogens with zero attached hydrogens (tertiary/aromatic N) is 3. The van der Waals surface area contributed by atoms with E-state index in [4.69, 9.17) is 5.73 Å². The molecule has 1 rings (SSSR count). The normalized spacial score (nSPS) is 9.93. The van der Waals surface area contributed by atoms with Gasteiger partial charge in [0, 0.05) is 20.6 Å². The number of anilines is 2. The smallest absolute Gasteiger partial charge is 0.322 e. The number of rotatable bonds is 2. The Kier molecular flexibility index (Phi) is 2.95. The Balaban J connectivity index is 2.74. The molecule has 0 aliphatic rings. The van der Waals surface area contributed by atoms with Gasteiger partial charge in [-0.2, -0.15) is 5.10 Å². The van der Waals surface area contributed by atoms with Gasteiger partial charge in [-0.1, -0.05) is 0 Å². The first-order valence-electron chi connectivity index (χ1n) is 4.35. The largest absolute Gasteiger partial charge is 0.394 e. The van der Waals surface area contributed by atoms with Crippen LogP contribution in [0.3, 0.4) is 0 Å². The van der Waals surface area contributed by atoms with Gasteiger partial charge in [0.1, 0.15) is 0 Å². The minimum Gasteiger partial charge on any atom is -0.394 e. The summed E-state index contributed by atoms with van der Waals surface area (Å²) in [6, 6.07) is -0.192. The molecular formula is C8H15N5O. The maximum Gasteiger partial charge on any atom is 0.322 e. The fourth-order valence-corrected chi connectivity index (χ4v) is 0.948. The zero-order chi connectivity index (χ0) is 10.7. The summed E-state index contributed by atoms with van der Waals surface area (Å²) in [4.78, 5) is 13.0. The van der Waals surface area contributed by atoms with Gasteiger partial charge in [0.15, 0.2) is 5.82 Å². The third kappa shape index (κ3) is 1.95. The SMILES string of the molecule is CCN(C)C(=O)Nc1c(N)cnn1C. The number of nitrogen functional groups attached to an aromatic ring is 1. The van der Waals surface area contributed by atoms with Crippen LogP contribution in [-0.4, -0.2) is 34.3 Å². The van der Waals surface area contributed by atoms with E-state index in [0.717, 1.165) is 0 Å². The van der Waals surface area contributed by atoms with Crippen LogP contribution in [0.2, 0.25) is 0 Å². The fourth-order valence-electron chi connectivity index (χ4n) is 0.948. The van der Waals surface area contributed by atoms with E-state index < -0.39 is 0 Å². The summed E-state index contributed by atoms with van der Waals surface area (Å²) >= 11 is 0. The highest BCUT2D eigenvalue weighted by Gasteiger charge is 2.11. The average Bonchev–Trinajstić information content (AvgIpc) is 2.48.